The van der Waals surface area contributed by atoms with Crippen LogP contribution in [-0.2, 0) is 10.2 Å². The summed E-state index contributed by atoms with van der Waals surface area (Å²) in [5, 5.41) is 7.09. The average Bonchev–Trinajstić information content (AvgIpc) is 3.03. The zero-order chi connectivity index (χ0) is 18.9. The molecule has 26 heavy (non-hydrogen) atoms. The van der Waals surface area contributed by atoms with Crippen molar-refractivity contribution in [3.05, 3.63) is 29.7 Å². The van der Waals surface area contributed by atoms with Gasteiger partial charge >= 0.3 is 0 Å². The number of hydrogen-bond acceptors (Lipinski definition) is 5. The van der Waals surface area contributed by atoms with Crippen molar-refractivity contribution in [2.24, 2.45) is 5.92 Å². The van der Waals surface area contributed by atoms with Crippen LogP contribution in [0, 0.1) is 12.8 Å². The maximum atomic E-state index is 12.4. The lowest BCUT2D eigenvalue weighted by Gasteiger charge is -2.32. The Morgan fingerprint density at radius 2 is 2.00 bits per heavy atom. The highest BCUT2D eigenvalue weighted by atomic mass is 32.2. The van der Waals surface area contributed by atoms with E-state index in [4.69, 9.17) is 0 Å². The van der Waals surface area contributed by atoms with Gasteiger partial charge in [0.05, 0.1) is 6.20 Å². The van der Waals surface area contributed by atoms with Crippen LogP contribution in [-0.4, -0.2) is 71.3 Å². The molecule has 1 saturated heterocycles. The zero-order valence-corrected chi connectivity index (χ0v) is 16.0. The SMILES string of the molecule is Cc1cnc2c(C(=O)NCC3CCN(S(=O)(=O)N(C)C)CC3)cnn2c1. The van der Waals surface area contributed by atoms with Gasteiger partial charge in [-0.05, 0) is 31.2 Å². The molecule has 0 aliphatic carbocycles. The van der Waals surface area contributed by atoms with E-state index in [1.807, 2.05) is 13.1 Å². The van der Waals surface area contributed by atoms with Gasteiger partial charge in [0.15, 0.2) is 5.65 Å². The number of nitrogens with zero attached hydrogens (tertiary/aromatic N) is 5. The van der Waals surface area contributed by atoms with Crippen LogP contribution in [0.3, 0.4) is 0 Å². The van der Waals surface area contributed by atoms with Gasteiger partial charge in [0.25, 0.3) is 16.1 Å². The Bertz CT molecular complexity index is 900. The van der Waals surface area contributed by atoms with Crippen LogP contribution in [0.5, 0.6) is 0 Å². The van der Waals surface area contributed by atoms with Gasteiger partial charge in [0.2, 0.25) is 0 Å². The van der Waals surface area contributed by atoms with E-state index in [0.717, 1.165) is 18.4 Å². The Balaban J connectivity index is 1.56. The van der Waals surface area contributed by atoms with Crippen molar-refractivity contribution in [2.45, 2.75) is 19.8 Å². The highest BCUT2D eigenvalue weighted by Crippen LogP contribution is 2.20. The topological polar surface area (TPSA) is 99.9 Å². The molecule has 142 valence electrons. The van der Waals surface area contributed by atoms with Crippen molar-refractivity contribution in [3.8, 4) is 0 Å². The summed E-state index contributed by atoms with van der Waals surface area (Å²) in [6.07, 6.45) is 6.48. The fourth-order valence-corrected chi connectivity index (χ4v) is 4.17. The van der Waals surface area contributed by atoms with E-state index >= 15 is 0 Å². The summed E-state index contributed by atoms with van der Waals surface area (Å²) in [6.45, 7) is 3.37. The summed E-state index contributed by atoms with van der Waals surface area (Å²) in [5.41, 5.74) is 1.93. The van der Waals surface area contributed by atoms with Gasteiger partial charge in [0, 0.05) is 46.1 Å². The molecule has 0 spiro atoms. The second kappa shape index (κ2) is 7.29. The number of carbonyl (C=O) groups excluding carboxylic acids is 1. The highest BCUT2D eigenvalue weighted by molar-refractivity contribution is 7.86. The molecule has 0 atom stereocenters. The molecule has 0 saturated carbocycles. The maximum absolute atomic E-state index is 12.4. The highest BCUT2D eigenvalue weighted by Gasteiger charge is 2.29. The summed E-state index contributed by atoms with van der Waals surface area (Å²) >= 11 is 0. The number of aromatic nitrogens is 3. The van der Waals surface area contributed by atoms with Gasteiger partial charge < -0.3 is 5.32 Å². The quantitative estimate of drug-likeness (QED) is 0.803. The van der Waals surface area contributed by atoms with Crippen molar-refractivity contribution in [2.75, 3.05) is 33.7 Å². The van der Waals surface area contributed by atoms with Crippen molar-refractivity contribution < 1.29 is 13.2 Å². The molecule has 1 amide bonds. The van der Waals surface area contributed by atoms with E-state index in [0.29, 0.717) is 30.8 Å². The van der Waals surface area contributed by atoms with E-state index in [1.165, 1.54) is 28.9 Å². The Morgan fingerprint density at radius 3 is 2.65 bits per heavy atom. The molecule has 3 rings (SSSR count). The standard InChI is InChI=1S/C16H24N6O3S/c1-12-8-17-15-14(10-19-22(15)11-12)16(23)18-9-13-4-6-21(7-5-13)26(24,25)20(2)3/h8,10-11,13H,4-7,9H2,1-3H3,(H,18,23). The molecule has 2 aromatic rings. The first-order valence-corrected chi connectivity index (χ1v) is 9.94. The second-order valence-electron chi connectivity index (χ2n) is 6.80. The van der Waals surface area contributed by atoms with Gasteiger partial charge in [0.1, 0.15) is 5.56 Å². The van der Waals surface area contributed by atoms with E-state index in [-0.39, 0.29) is 11.8 Å². The Morgan fingerprint density at radius 1 is 1.31 bits per heavy atom. The van der Waals surface area contributed by atoms with Crippen LogP contribution < -0.4 is 5.32 Å². The minimum Gasteiger partial charge on any atom is -0.352 e. The second-order valence-corrected chi connectivity index (χ2v) is 8.94. The number of amides is 1. The molecule has 3 heterocycles. The van der Waals surface area contributed by atoms with Crippen LogP contribution >= 0.6 is 0 Å². The first kappa shape index (κ1) is 18.7. The molecular weight excluding hydrogens is 356 g/mol. The first-order chi connectivity index (χ1) is 12.3. The Labute approximate surface area is 153 Å². The van der Waals surface area contributed by atoms with Crippen molar-refractivity contribution in [1.82, 2.24) is 28.5 Å². The van der Waals surface area contributed by atoms with Crippen LogP contribution in [0.25, 0.3) is 5.65 Å². The number of nitrogens with one attached hydrogen (secondary N) is 1. The molecule has 1 aliphatic heterocycles. The molecule has 0 unspecified atom stereocenters. The predicted molar refractivity (Wildman–Crippen MR) is 97.0 cm³/mol. The smallest absolute Gasteiger partial charge is 0.281 e. The fraction of sp³-hybridized carbons (Fsp3) is 0.562. The third-order valence-electron chi connectivity index (χ3n) is 4.64. The van der Waals surface area contributed by atoms with Crippen LogP contribution in [0.4, 0.5) is 0 Å². The number of carbonyl (C=O) groups is 1. The monoisotopic (exact) mass is 380 g/mol. The molecular formula is C16H24N6O3S. The number of fused-ring (bicyclic) bond motifs is 1. The molecule has 1 aliphatic rings. The molecule has 2 aromatic heterocycles. The molecule has 0 radical (unpaired) electrons. The summed E-state index contributed by atoms with van der Waals surface area (Å²) in [4.78, 5) is 16.7. The van der Waals surface area contributed by atoms with E-state index in [1.54, 1.807) is 10.7 Å². The van der Waals surface area contributed by atoms with Crippen molar-refractivity contribution >= 4 is 21.8 Å². The summed E-state index contributed by atoms with van der Waals surface area (Å²) in [5.74, 6) is 0.0456. The molecule has 1 fully saturated rings. The molecule has 0 bridgehead atoms. The van der Waals surface area contributed by atoms with Gasteiger partial charge in [-0.1, -0.05) is 0 Å². The van der Waals surface area contributed by atoms with E-state index in [9.17, 15) is 13.2 Å². The maximum Gasteiger partial charge on any atom is 0.281 e. The number of hydrogen-bond donors (Lipinski definition) is 1. The largest absolute Gasteiger partial charge is 0.352 e. The van der Waals surface area contributed by atoms with Gasteiger partial charge in [-0.25, -0.2) is 9.50 Å². The Kier molecular flexibility index (Phi) is 5.26. The van der Waals surface area contributed by atoms with E-state index < -0.39 is 10.2 Å². The molecule has 9 nitrogen and oxygen atoms in total. The van der Waals surface area contributed by atoms with Gasteiger partial charge in [-0.3, -0.25) is 4.79 Å². The number of piperidine rings is 1. The normalized spacial score (nSPS) is 17.1. The first-order valence-electron chi connectivity index (χ1n) is 8.55. The lowest BCUT2D eigenvalue weighted by atomic mass is 9.98. The lowest BCUT2D eigenvalue weighted by molar-refractivity contribution is 0.0942. The van der Waals surface area contributed by atoms with Crippen LogP contribution in [0.15, 0.2) is 18.6 Å². The lowest BCUT2D eigenvalue weighted by Crippen LogP contribution is -2.45. The molecule has 1 N–H and O–H groups in total. The summed E-state index contributed by atoms with van der Waals surface area (Å²) in [6, 6.07) is 0. The van der Waals surface area contributed by atoms with Crippen molar-refractivity contribution in [3.63, 3.8) is 0 Å². The van der Waals surface area contributed by atoms with Crippen molar-refractivity contribution in [1.29, 1.82) is 0 Å². The third kappa shape index (κ3) is 3.71. The van der Waals surface area contributed by atoms with Crippen LogP contribution in [0.2, 0.25) is 0 Å². The van der Waals surface area contributed by atoms with Gasteiger partial charge in [-0.15, -0.1) is 0 Å². The number of rotatable bonds is 5. The minimum absolute atomic E-state index is 0.209. The summed E-state index contributed by atoms with van der Waals surface area (Å²) in [7, 11) is -0.288. The third-order valence-corrected chi connectivity index (χ3v) is 6.58. The van der Waals surface area contributed by atoms with Crippen LogP contribution in [0.1, 0.15) is 28.8 Å². The molecule has 0 aromatic carbocycles. The van der Waals surface area contributed by atoms with E-state index in [2.05, 4.69) is 15.4 Å². The average molecular weight is 380 g/mol. The van der Waals surface area contributed by atoms with Gasteiger partial charge in [-0.2, -0.15) is 22.1 Å². The Hall–Kier alpha value is -2.04. The molecule has 10 heteroatoms. The zero-order valence-electron chi connectivity index (χ0n) is 15.2. The fourth-order valence-electron chi connectivity index (χ4n) is 3.04. The summed E-state index contributed by atoms with van der Waals surface area (Å²) < 4.78 is 28.6. The minimum atomic E-state index is -3.36. The predicted octanol–water partition coefficient (Wildman–Crippen LogP) is 0.286. The number of aryl methyl sites for hydroxylation is 1.